The zero-order chi connectivity index (χ0) is 29.9. The topological polar surface area (TPSA) is 166 Å². The van der Waals surface area contributed by atoms with Crippen molar-refractivity contribution in [1.29, 1.82) is 0 Å². The monoisotopic (exact) mass is 607 g/mol. The Bertz CT molecular complexity index is 1880. The summed E-state index contributed by atoms with van der Waals surface area (Å²) in [4.78, 5) is 26.6. The number of benzene rings is 3. The molecule has 5 rings (SSSR count). The molecule has 0 aliphatic carbocycles. The second-order valence-electron chi connectivity index (χ2n) is 9.07. The number of thiazole rings is 1. The first-order valence-electron chi connectivity index (χ1n) is 12.4. The van der Waals surface area contributed by atoms with E-state index in [0.717, 1.165) is 17.7 Å². The number of nitrogens with two attached hydrogens (primary N) is 2. The van der Waals surface area contributed by atoms with Crippen molar-refractivity contribution in [1.82, 2.24) is 15.0 Å². The van der Waals surface area contributed by atoms with Crippen molar-refractivity contribution in [2.75, 3.05) is 22.1 Å². The number of carbonyl (C=O) groups is 1. The van der Waals surface area contributed by atoms with E-state index in [1.807, 2.05) is 0 Å². The van der Waals surface area contributed by atoms with Gasteiger partial charge < -0.3 is 16.4 Å². The quantitative estimate of drug-likeness (QED) is 0.183. The fourth-order valence-electron chi connectivity index (χ4n) is 4.10. The number of anilines is 4. The van der Waals surface area contributed by atoms with E-state index in [4.69, 9.17) is 10.9 Å². The van der Waals surface area contributed by atoms with Crippen LogP contribution in [0.2, 0.25) is 0 Å². The summed E-state index contributed by atoms with van der Waals surface area (Å²) >= 11 is 1.20. The van der Waals surface area contributed by atoms with Gasteiger partial charge >= 0.3 is 0 Å². The molecule has 0 saturated carbocycles. The van der Waals surface area contributed by atoms with Crippen molar-refractivity contribution in [3.8, 4) is 21.8 Å². The van der Waals surface area contributed by atoms with E-state index in [1.165, 1.54) is 17.4 Å². The molecule has 0 saturated heterocycles. The maximum Gasteiger partial charge on any atom is 0.261 e. The Hall–Kier alpha value is -4.79. The molecule has 0 aliphatic heterocycles. The minimum atomic E-state index is -3.59. The Labute approximate surface area is 243 Å². The van der Waals surface area contributed by atoms with Gasteiger partial charge in [0.05, 0.1) is 22.0 Å². The predicted octanol–water partition coefficient (Wildman–Crippen LogP) is 4.95. The average molecular weight is 608 g/mol. The van der Waals surface area contributed by atoms with Crippen molar-refractivity contribution in [3.05, 3.63) is 102 Å². The third kappa shape index (κ3) is 6.91. The van der Waals surface area contributed by atoms with Crippen molar-refractivity contribution in [3.63, 3.8) is 0 Å². The van der Waals surface area contributed by atoms with Gasteiger partial charge in [-0.05, 0) is 54.4 Å². The van der Waals surface area contributed by atoms with E-state index in [-0.39, 0.29) is 23.3 Å². The van der Waals surface area contributed by atoms with Crippen LogP contribution in [0.3, 0.4) is 0 Å². The van der Waals surface area contributed by atoms with Crippen LogP contribution in [-0.2, 0) is 16.4 Å². The minimum absolute atomic E-state index is 0.178. The van der Waals surface area contributed by atoms with Crippen LogP contribution in [0, 0.1) is 11.6 Å². The van der Waals surface area contributed by atoms with Gasteiger partial charge in [0.25, 0.3) is 5.91 Å². The fraction of sp³-hybridized carbons (Fsp3) is 0.0714. The molecule has 42 heavy (non-hydrogen) atoms. The Balaban J connectivity index is 1.39. The highest BCUT2D eigenvalue weighted by atomic mass is 32.2. The lowest BCUT2D eigenvalue weighted by Crippen LogP contribution is -2.17. The molecule has 10 nitrogen and oxygen atoms in total. The van der Waals surface area contributed by atoms with Gasteiger partial charge in [-0.15, -0.1) is 0 Å². The van der Waals surface area contributed by atoms with E-state index in [2.05, 4.69) is 25.6 Å². The van der Waals surface area contributed by atoms with Crippen LogP contribution in [-0.4, -0.2) is 35.0 Å². The van der Waals surface area contributed by atoms with Crippen LogP contribution in [0.1, 0.15) is 15.9 Å². The summed E-state index contributed by atoms with van der Waals surface area (Å²) in [7, 11) is -3.59. The van der Waals surface area contributed by atoms with E-state index < -0.39 is 33.1 Å². The van der Waals surface area contributed by atoms with Gasteiger partial charge in [-0.2, -0.15) is 0 Å². The Morgan fingerprint density at radius 3 is 2.40 bits per heavy atom. The fourth-order valence-corrected chi connectivity index (χ4v) is 5.44. The third-order valence-corrected chi connectivity index (χ3v) is 7.65. The number of amides is 1. The number of rotatable bonds is 9. The van der Waals surface area contributed by atoms with Crippen LogP contribution in [0.4, 0.5) is 31.2 Å². The number of primary sulfonamides is 1. The maximum atomic E-state index is 14.1. The molecule has 6 N–H and O–H groups in total. The van der Waals surface area contributed by atoms with Gasteiger partial charge in [0.15, 0.2) is 5.13 Å². The molecule has 1 amide bonds. The highest BCUT2D eigenvalue weighted by Gasteiger charge is 2.19. The summed E-state index contributed by atoms with van der Waals surface area (Å²) in [6.45, 7) is 0. The first-order valence-corrected chi connectivity index (χ1v) is 14.9. The van der Waals surface area contributed by atoms with E-state index in [9.17, 15) is 22.0 Å². The summed E-state index contributed by atoms with van der Waals surface area (Å²) in [6, 6.07) is 18.6. The second kappa shape index (κ2) is 12.0. The normalized spacial score (nSPS) is 11.3. The molecular formula is C28H23F2N7O3S2. The number of nitrogens with zero attached hydrogens (tertiary/aromatic N) is 3. The summed E-state index contributed by atoms with van der Waals surface area (Å²) in [5, 5.41) is 11.0. The van der Waals surface area contributed by atoms with Gasteiger partial charge in [0.1, 0.15) is 17.2 Å². The average Bonchev–Trinajstić information content (AvgIpc) is 3.34. The van der Waals surface area contributed by atoms with E-state index in [0.29, 0.717) is 33.2 Å². The molecule has 0 unspecified atom stereocenters. The Kier molecular flexibility index (Phi) is 8.20. The Morgan fingerprint density at radius 2 is 1.64 bits per heavy atom. The van der Waals surface area contributed by atoms with Crippen LogP contribution in [0.15, 0.2) is 79.0 Å². The number of hydrogen-bond donors (Lipinski definition) is 4. The SMILES string of the molecule is Nc1nc(-c2cccc(NC(=O)c3c(F)cccc3F)c2)c(-c2ccnc(Nc3cccc(CCS(N)(=O)=O)c3)n2)s1. The van der Waals surface area contributed by atoms with E-state index >= 15 is 0 Å². The highest BCUT2D eigenvalue weighted by Crippen LogP contribution is 2.38. The first-order chi connectivity index (χ1) is 20.1. The van der Waals surface area contributed by atoms with Gasteiger partial charge in [0.2, 0.25) is 16.0 Å². The van der Waals surface area contributed by atoms with E-state index in [1.54, 1.807) is 60.8 Å². The van der Waals surface area contributed by atoms with Crippen molar-refractivity contribution in [2.24, 2.45) is 5.14 Å². The van der Waals surface area contributed by atoms with Crippen molar-refractivity contribution in [2.45, 2.75) is 6.42 Å². The molecule has 0 radical (unpaired) electrons. The molecule has 3 aromatic carbocycles. The molecule has 5 aromatic rings. The van der Waals surface area contributed by atoms with Gasteiger partial charge in [-0.1, -0.05) is 41.7 Å². The molecular weight excluding hydrogens is 584 g/mol. The van der Waals surface area contributed by atoms with Gasteiger partial charge in [-0.3, -0.25) is 4.79 Å². The Morgan fingerprint density at radius 1 is 0.929 bits per heavy atom. The summed E-state index contributed by atoms with van der Waals surface area (Å²) in [5.74, 6) is -2.77. The molecule has 0 atom stereocenters. The van der Waals surface area contributed by atoms with Crippen LogP contribution >= 0.6 is 11.3 Å². The van der Waals surface area contributed by atoms with Crippen LogP contribution < -0.4 is 21.5 Å². The standard InChI is InChI=1S/C28H23F2N7O3S2/c29-20-8-3-9-21(30)23(20)26(38)34-19-7-2-5-17(15-19)24-25(41-27(31)37-24)22-10-12-33-28(36-22)35-18-6-1-4-16(14-18)11-13-42(32,39)40/h1-10,12,14-15H,11,13H2,(H2,31,37)(H,34,38)(H2,32,39,40)(H,33,35,36). The van der Waals surface area contributed by atoms with Crippen LogP contribution in [0.25, 0.3) is 21.8 Å². The third-order valence-electron chi connectivity index (χ3n) is 5.97. The van der Waals surface area contributed by atoms with Gasteiger partial charge in [0, 0.05) is 23.1 Å². The lowest BCUT2D eigenvalue weighted by Gasteiger charge is -2.10. The predicted molar refractivity (Wildman–Crippen MR) is 159 cm³/mol. The summed E-state index contributed by atoms with van der Waals surface area (Å²) in [6.07, 6.45) is 1.82. The summed E-state index contributed by atoms with van der Waals surface area (Å²) in [5.41, 5.74) is 8.69. The number of halogens is 2. The molecule has 0 fully saturated rings. The summed E-state index contributed by atoms with van der Waals surface area (Å²) < 4.78 is 50.8. The second-order valence-corrected chi connectivity index (χ2v) is 11.8. The molecule has 0 aliphatic rings. The number of aryl methyl sites for hydroxylation is 1. The number of hydrogen-bond acceptors (Lipinski definition) is 9. The molecule has 0 bridgehead atoms. The molecule has 2 heterocycles. The van der Waals surface area contributed by atoms with Crippen LogP contribution in [0.5, 0.6) is 0 Å². The lowest BCUT2D eigenvalue weighted by atomic mass is 10.1. The number of sulfonamides is 1. The minimum Gasteiger partial charge on any atom is -0.375 e. The number of nitrogens with one attached hydrogen (secondary N) is 2. The van der Waals surface area contributed by atoms with Crippen molar-refractivity contribution < 1.29 is 22.0 Å². The maximum absolute atomic E-state index is 14.1. The number of carbonyl (C=O) groups excluding carboxylic acids is 1. The molecule has 214 valence electrons. The highest BCUT2D eigenvalue weighted by molar-refractivity contribution is 7.89. The van der Waals surface area contributed by atoms with Gasteiger partial charge in [-0.25, -0.2) is 37.3 Å². The molecule has 2 aromatic heterocycles. The smallest absolute Gasteiger partial charge is 0.261 e. The number of aromatic nitrogens is 3. The zero-order valence-electron chi connectivity index (χ0n) is 21.7. The molecule has 14 heteroatoms. The number of nitrogen functional groups attached to an aromatic ring is 1. The zero-order valence-corrected chi connectivity index (χ0v) is 23.3. The first kappa shape index (κ1) is 28.7. The largest absolute Gasteiger partial charge is 0.375 e. The lowest BCUT2D eigenvalue weighted by molar-refractivity contribution is 0.101. The molecule has 0 spiro atoms. The van der Waals surface area contributed by atoms with Crippen molar-refractivity contribution >= 4 is 49.7 Å².